The molecule has 3 aliphatic carbocycles. The molecule has 0 radical (unpaired) electrons. The molecule has 2 saturated carbocycles. The van der Waals surface area contributed by atoms with Crippen molar-refractivity contribution >= 4 is 41.2 Å². The number of methoxy groups -OCH3 is 1. The Labute approximate surface area is 405 Å². The highest BCUT2D eigenvalue weighted by atomic mass is 35.5. The predicted octanol–water partition coefficient (Wildman–Crippen LogP) is 11.0. The number of hydrogen-bond donors (Lipinski definition) is 0. The number of likely N-dealkylation sites (tertiary alicyclic amines) is 1. The minimum absolute atomic E-state index is 0.0154. The van der Waals surface area contributed by atoms with E-state index in [4.69, 9.17) is 51.6 Å². The SMILES string of the molecule is COCCCc1cc(CN(C(=O)[C@H]2CN(C(=O)OC(C)(C)C)CC[C@@H]2c2ccc(OCCOc3c(Cl)cc(C)cc3Cl)cc2)C2CC2)cc(OC[C@@H]2C[C@H]2C(=O)Oc2ccc3c(c2)CCC3)c1. The molecule has 4 aromatic carbocycles. The summed E-state index contributed by atoms with van der Waals surface area (Å²) in [6.07, 6.45) is 7.61. The van der Waals surface area contributed by atoms with Gasteiger partial charge in [-0.2, -0.15) is 0 Å². The molecule has 8 rings (SSSR count). The lowest BCUT2D eigenvalue weighted by atomic mass is 9.79. The third-order valence-corrected chi connectivity index (χ3v) is 13.6. The van der Waals surface area contributed by atoms with Crippen LogP contribution in [-0.4, -0.2) is 86.0 Å². The van der Waals surface area contributed by atoms with Crippen LogP contribution in [0.3, 0.4) is 0 Å². The summed E-state index contributed by atoms with van der Waals surface area (Å²) in [7, 11) is 1.70. The molecule has 0 bridgehead atoms. The van der Waals surface area contributed by atoms with Gasteiger partial charge in [0.2, 0.25) is 5.91 Å². The first-order chi connectivity index (χ1) is 32.2. The van der Waals surface area contributed by atoms with E-state index in [1.54, 1.807) is 24.1 Å². The summed E-state index contributed by atoms with van der Waals surface area (Å²) in [5, 5.41) is 0.901. The van der Waals surface area contributed by atoms with Gasteiger partial charge in [0.05, 0.1) is 28.5 Å². The summed E-state index contributed by atoms with van der Waals surface area (Å²) >= 11 is 12.7. The molecule has 0 N–H and O–H groups in total. The van der Waals surface area contributed by atoms with Crippen molar-refractivity contribution in [2.45, 2.75) is 110 Å². The Balaban J connectivity index is 0.949. The third-order valence-electron chi connectivity index (χ3n) is 13.1. The third kappa shape index (κ3) is 13.0. The summed E-state index contributed by atoms with van der Waals surface area (Å²) < 4.78 is 35.3. The second-order valence-electron chi connectivity index (χ2n) is 19.6. The molecule has 4 aromatic rings. The lowest BCUT2D eigenvalue weighted by Crippen LogP contribution is -2.51. The Bertz CT molecular complexity index is 2370. The van der Waals surface area contributed by atoms with E-state index in [9.17, 15) is 9.59 Å². The standard InChI is InChI=1S/C54H64Cl2N2O9/c1-34-24-48(55)50(49(56)25-34)64-23-22-63-42-16-12-38(13-17-42)45-19-20-57(53(61)67-54(2,3)4)32-47(45)51(59)58(41-14-15-41)31-36-26-35(8-7-21-62-5)27-44(28-36)65-33-40-30-46(40)52(60)66-43-18-11-37-9-6-10-39(37)29-43/h11-13,16-18,24-29,40-41,45-47H,6-10,14-15,19-23,30-33H2,1-5H3/t40-,45+,46+,47-/m0/s1. The van der Waals surface area contributed by atoms with Crippen molar-refractivity contribution in [2.75, 3.05) is 46.6 Å². The number of carbonyl (C=O) groups excluding carboxylic acids is 3. The Kier molecular flexibility index (Phi) is 15.6. The van der Waals surface area contributed by atoms with Gasteiger partial charge in [0.25, 0.3) is 0 Å². The van der Waals surface area contributed by atoms with E-state index in [2.05, 4.69) is 18.2 Å². The van der Waals surface area contributed by atoms with Gasteiger partial charge in [-0.1, -0.05) is 47.5 Å². The fourth-order valence-corrected chi connectivity index (χ4v) is 10.1. The lowest BCUT2D eigenvalue weighted by molar-refractivity contribution is -0.139. The number of benzene rings is 4. The van der Waals surface area contributed by atoms with Crippen LogP contribution in [0.5, 0.6) is 23.0 Å². The molecular weight excluding hydrogens is 892 g/mol. The van der Waals surface area contributed by atoms with Gasteiger partial charge in [0.15, 0.2) is 5.75 Å². The number of amides is 2. The number of halogens is 2. The molecule has 67 heavy (non-hydrogen) atoms. The highest BCUT2D eigenvalue weighted by Crippen LogP contribution is 2.42. The number of hydrogen-bond acceptors (Lipinski definition) is 9. The van der Waals surface area contributed by atoms with Gasteiger partial charge in [0, 0.05) is 45.3 Å². The maximum Gasteiger partial charge on any atom is 0.410 e. The van der Waals surface area contributed by atoms with Crippen LogP contribution in [0.25, 0.3) is 0 Å². The van der Waals surface area contributed by atoms with Crippen LogP contribution in [0.4, 0.5) is 4.79 Å². The second-order valence-corrected chi connectivity index (χ2v) is 20.5. The molecule has 1 aliphatic heterocycles. The monoisotopic (exact) mass is 954 g/mol. The number of piperidine rings is 1. The summed E-state index contributed by atoms with van der Waals surface area (Å²) in [5.74, 6) is 1.47. The second kappa shape index (κ2) is 21.5. The first-order valence-corrected chi connectivity index (χ1v) is 24.6. The van der Waals surface area contributed by atoms with Crippen LogP contribution >= 0.6 is 23.2 Å². The lowest BCUT2D eigenvalue weighted by Gasteiger charge is -2.40. The summed E-state index contributed by atoms with van der Waals surface area (Å²) in [6.45, 7) is 10.1. The van der Waals surface area contributed by atoms with Crippen molar-refractivity contribution in [3.63, 3.8) is 0 Å². The average Bonchev–Trinajstić information content (AvgIpc) is 4.23. The van der Waals surface area contributed by atoms with Crippen molar-refractivity contribution in [3.8, 4) is 23.0 Å². The fraction of sp³-hybridized carbons (Fsp3) is 0.500. The number of ether oxygens (including phenoxy) is 6. The Hall–Kier alpha value is -4.97. The normalized spacial score (nSPS) is 19.9. The number of aryl methyl sites for hydroxylation is 4. The first kappa shape index (κ1) is 48.5. The molecule has 1 heterocycles. The number of rotatable bonds is 19. The van der Waals surface area contributed by atoms with E-state index in [1.807, 2.05) is 75.1 Å². The number of esters is 1. The van der Waals surface area contributed by atoms with Gasteiger partial charge in [-0.25, -0.2) is 4.79 Å². The topological polar surface area (TPSA) is 113 Å². The smallest absolute Gasteiger partial charge is 0.410 e. The maximum absolute atomic E-state index is 15.1. The zero-order valence-electron chi connectivity index (χ0n) is 39.5. The maximum atomic E-state index is 15.1. The van der Waals surface area contributed by atoms with Crippen LogP contribution in [0.2, 0.25) is 10.0 Å². The van der Waals surface area contributed by atoms with Gasteiger partial charge in [-0.3, -0.25) is 9.59 Å². The van der Waals surface area contributed by atoms with E-state index >= 15 is 4.79 Å². The Morgan fingerprint density at radius 3 is 2.22 bits per heavy atom. The molecule has 4 atom stereocenters. The highest BCUT2D eigenvalue weighted by Gasteiger charge is 2.46. The van der Waals surface area contributed by atoms with E-state index in [-0.39, 0.29) is 55.4 Å². The van der Waals surface area contributed by atoms with E-state index in [0.717, 1.165) is 73.6 Å². The van der Waals surface area contributed by atoms with Gasteiger partial charge in [-0.05, 0) is 173 Å². The summed E-state index contributed by atoms with van der Waals surface area (Å²) in [5.41, 5.74) is 5.97. The first-order valence-electron chi connectivity index (χ1n) is 23.9. The van der Waals surface area contributed by atoms with Gasteiger partial charge < -0.3 is 38.2 Å². The molecule has 13 heteroatoms. The van der Waals surface area contributed by atoms with Crippen LogP contribution in [-0.2, 0) is 44.9 Å². The predicted molar refractivity (Wildman–Crippen MR) is 259 cm³/mol. The summed E-state index contributed by atoms with van der Waals surface area (Å²) in [4.78, 5) is 45.5. The molecule has 0 aromatic heterocycles. The molecule has 11 nitrogen and oxygen atoms in total. The molecule has 0 unspecified atom stereocenters. The molecule has 0 spiro atoms. The zero-order valence-corrected chi connectivity index (χ0v) is 41.0. The van der Waals surface area contributed by atoms with Crippen molar-refractivity contribution in [1.82, 2.24) is 9.80 Å². The number of carbonyl (C=O) groups is 3. The highest BCUT2D eigenvalue weighted by molar-refractivity contribution is 6.37. The molecule has 358 valence electrons. The van der Waals surface area contributed by atoms with Gasteiger partial charge >= 0.3 is 12.1 Å². The molecular formula is C54H64Cl2N2O9. The van der Waals surface area contributed by atoms with E-state index in [0.29, 0.717) is 65.8 Å². The molecule has 2 amide bonds. The van der Waals surface area contributed by atoms with E-state index < -0.39 is 17.6 Å². The van der Waals surface area contributed by atoms with Crippen LogP contribution < -0.4 is 18.9 Å². The van der Waals surface area contributed by atoms with Crippen molar-refractivity contribution in [3.05, 3.63) is 116 Å². The fourth-order valence-electron chi connectivity index (χ4n) is 9.41. The van der Waals surface area contributed by atoms with Crippen molar-refractivity contribution in [1.29, 1.82) is 0 Å². The average molecular weight is 956 g/mol. The number of fused-ring (bicyclic) bond motifs is 1. The minimum atomic E-state index is -0.674. The largest absolute Gasteiger partial charge is 0.493 e. The van der Waals surface area contributed by atoms with Crippen molar-refractivity contribution in [2.24, 2.45) is 17.8 Å². The van der Waals surface area contributed by atoms with Gasteiger partial charge in [0.1, 0.15) is 36.1 Å². The Morgan fingerprint density at radius 2 is 1.49 bits per heavy atom. The van der Waals surface area contributed by atoms with Crippen LogP contribution in [0.1, 0.15) is 98.6 Å². The van der Waals surface area contributed by atoms with Crippen LogP contribution in [0, 0.1) is 24.7 Å². The van der Waals surface area contributed by atoms with E-state index in [1.165, 1.54) is 11.1 Å². The number of nitrogens with zero attached hydrogens (tertiary/aromatic N) is 2. The van der Waals surface area contributed by atoms with Crippen LogP contribution in [0.15, 0.2) is 72.8 Å². The quantitative estimate of drug-likeness (QED) is 0.0515. The zero-order chi connectivity index (χ0) is 47.2. The van der Waals surface area contributed by atoms with Crippen molar-refractivity contribution < 1.29 is 42.8 Å². The molecule has 3 fully saturated rings. The minimum Gasteiger partial charge on any atom is -0.493 e. The Morgan fingerprint density at radius 1 is 0.776 bits per heavy atom. The summed E-state index contributed by atoms with van der Waals surface area (Å²) in [6, 6.07) is 23.8. The molecule has 4 aliphatic rings. The van der Waals surface area contributed by atoms with Gasteiger partial charge in [-0.15, -0.1) is 0 Å². The molecule has 1 saturated heterocycles.